The van der Waals surface area contributed by atoms with E-state index in [-0.39, 0.29) is 11.8 Å². The van der Waals surface area contributed by atoms with Gasteiger partial charge in [0.2, 0.25) is 5.91 Å². The highest BCUT2D eigenvalue weighted by Crippen LogP contribution is 2.34. The summed E-state index contributed by atoms with van der Waals surface area (Å²) < 4.78 is 0. The zero-order valence-corrected chi connectivity index (χ0v) is 15.1. The zero-order chi connectivity index (χ0) is 16.6. The minimum Gasteiger partial charge on any atom is -0.344 e. The molecule has 0 radical (unpaired) electrons. The number of nitrogens with zero attached hydrogens (tertiary/aromatic N) is 2. The lowest BCUT2D eigenvalue weighted by Gasteiger charge is -2.34. The number of rotatable bonds is 2. The number of likely N-dealkylation sites (tertiary alicyclic amines) is 1. The molecule has 2 aliphatic rings. The van der Waals surface area contributed by atoms with Gasteiger partial charge in [0.05, 0.1) is 4.88 Å². The van der Waals surface area contributed by atoms with Crippen molar-refractivity contribution in [1.82, 2.24) is 9.80 Å². The highest BCUT2D eigenvalue weighted by molar-refractivity contribution is 7.14. The van der Waals surface area contributed by atoms with E-state index in [1.54, 1.807) is 30.3 Å². The van der Waals surface area contributed by atoms with Crippen molar-refractivity contribution in [1.29, 1.82) is 0 Å². The fourth-order valence-corrected chi connectivity index (χ4v) is 4.78. The zero-order valence-electron chi connectivity index (χ0n) is 14.3. The molecule has 0 N–H and O–H groups in total. The summed E-state index contributed by atoms with van der Waals surface area (Å²) in [7, 11) is 3.56. The van der Waals surface area contributed by atoms with Crippen LogP contribution >= 0.6 is 11.3 Å². The summed E-state index contributed by atoms with van der Waals surface area (Å²) >= 11 is 1.61. The molecule has 1 unspecified atom stereocenters. The number of hydrogen-bond acceptors (Lipinski definition) is 3. The molecule has 126 valence electrons. The molecule has 3 rings (SSSR count). The SMILES string of the molecule is CC1CCN(C(=O)C2CCc3sc(C(=O)N(C)C)cc3C2)CC1. The molecule has 1 aromatic heterocycles. The molecule has 1 saturated heterocycles. The summed E-state index contributed by atoms with van der Waals surface area (Å²) in [4.78, 5) is 30.7. The molecular weight excluding hydrogens is 308 g/mol. The number of aryl methyl sites for hydroxylation is 1. The van der Waals surface area contributed by atoms with Crippen LogP contribution in [0.3, 0.4) is 0 Å². The summed E-state index contributed by atoms with van der Waals surface area (Å²) in [6.45, 7) is 4.10. The van der Waals surface area contributed by atoms with Crippen LogP contribution in [0.4, 0.5) is 0 Å². The minimum atomic E-state index is 0.0669. The number of hydrogen-bond donors (Lipinski definition) is 0. The van der Waals surface area contributed by atoms with Crippen molar-refractivity contribution in [2.75, 3.05) is 27.2 Å². The molecule has 5 heteroatoms. The fourth-order valence-electron chi connectivity index (χ4n) is 3.55. The Morgan fingerprint density at radius 2 is 1.91 bits per heavy atom. The minimum absolute atomic E-state index is 0.0669. The quantitative estimate of drug-likeness (QED) is 0.834. The van der Waals surface area contributed by atoms with Gasteiger partial charge >= 0.3 is 0 Å². The maximum atomic E-state index is 12.8. The molecule has 1 fully saturated rings. The molecule has 0 aromatic carbocycles. The Balaban J connectivity index is 1.68. The first kappa shape index (κ1) is 16.5. The first-order valence-corrected chi connectivity index (χ1v) is 9.39. The van der Waals surface area contributed by atoms with Crippen molar-refractivity contribution in [3.63, 3.8) is 0 Å². The topological polar surface area (TPSA) is 40.6 Å². The van der Waals surface area contributed by atoms with Crippen molar-refractivity contribution in [3.05, 3.63) is 21.4 Å². The van der Waals surface area contributed by atoms with Gasteiger partial charge in [-0.25, -0.2) is 0 Å². The molecule has 1 atom stereocenters. The summed E-state index contributed by atoms with van der Waals surface area (Å²) in [5, 5.41) is 0. The van der Waals surface area contributed by atoms with Crippen LogP contribution in [0.5, 0.6) is 0 Å². The van der Waals surface area contributed by atoms with Gasteiger partial charge in [0, 0.05) is 38.0 Å². The van der Waals surface area contributed by atoms with E-state index >= 15 is 0 Å². The number of carbonyl (C=O) groups is 2. The molecule has 1 aliphatic carbocycles. The van der Waals surface area contributed by atoms with E-state index in [0.717, 1.165) is 56.0 Å². The molecule has 23 heavy (non-hydrogen) atoms. The normalized spacial score (nSPS) is 21.9. The lowest BCUT2D eigenvalue weighted by Crippen LogP contribution is -2.42. The van der Waals surface area contributed by atoms with Crippen molar-refractivity contribution < 1.29 is 9.59 Å². The van der Waals surface area contributed by atoms with E-state index in [0.29, 0.717) is 5.91 Å². The van der Waals surface area contributed by atoms with Gasteiger partial charge in [-0.1, -0.05) is 6.92 Å². The Kier molecular flexibility index (Phi) is 4.76. The molecule has 2 heterocycles. The van der Waals surface area contributed by atoms with Gasteiger partial charge in [-0.2, -0.15) is 0 Å². The second-order valence-corrected chi connectivity index (χ2v) is 8.34. The smallest absolute Gasteiger partial charge is 0.263 e. The van der Waals surface area contributed by atoms with Crippen molar-refractivity contribution in [3.8, 4) is 0 Å². The van der Waals surface area contributed by atoms with E-state index in [1.165, 1.54) is 10.4 Å². The first-order chi connectivity index (χ1) is 11.0. The number of thiophene rings is 1. The molecular formula is C18H26N2O2S. The summed E-state index contributed by atoms with van der Waals surface area (Å²) in [6, 6.07) is 2.01. The maximum absolute atomic E-state index is 12.8. The summed E-state index contributed by atoms with van der Waals surface area (Å²) in [6.07, 6.45) is 4.92. The number of carbonyl (C=O) groups excluding carboxylic acids is 2. The Morgan fingerprint density at radius 1 is 1.22 bits per heavy atom. The average molecular weight is 334 g/mol. The molecule has 1 aromatic rings. The van der Waals surface area contributed by atoms with Crippen molar-refractivity contribution in [2.24, 2.45) is 11.8 Å². The Morgan fingerprint density at radius 3 is 2.57 bits per heavy atom. The van der Waals surface area contributed by atoms with E-state index in [1.807, 2.05) is 6.07 Å². The van der Waals surface area contributed by atoms with Gasteiger partial charge in [-0.3, -0.25) is 9.59 Å². The number of amides is 2. The van der Waals surface area contributed by atoms with Crippen LogP contribution in [-0.4, -0.2) is 48.8 Å². The third-order valence-electron chi connectivity index (χ3n) is 5.14. The Bertz CT molecular complexity index is 600. The van der Waals surface area contributed by atoms with E-state index in [2.05, 4.69) is 11.8 Å². The molecule has 2 amide bonds. The van der Waals surface area contributed by atoms with Crippen LogP contribution in [0.25, 0.3) is 0 Å². The van der Waals surface area contributed by atoms with Crippen LogP contribution in [0.2, 0.25) is 0 Å². The van der Waals surface area contributed by atoms with E-state index in [9.17, 15) is 9.59 Å². The Labute approximate surface area is 142 Å². The third-order valence-corrected chi connectivity index (χ3v) is 6.37. The van der Waals surface area contributed by atoms with Gasteiger partial charge in [0.15, 0.2) is 0 Å². The van der Waals surface area contributed by atoms with E-state index < -0.39 is 0 Å². The van der Waals surface area contributed by atoms with Gasteiger partial charge in [0.1, 0.15) is 0 Å². The maximum Gasteiger partial charge on any atom is 0.263 e. The van der Waals surface area contributed by atoms with Crippen LogP contribution in [0, 0.1) is 11.8 Å². The second kappa shape index (κ2) is 6.63. The van der Waals surface area contributed by atoms with Crippen molar-refractivity contribution >= 4 is 23.2 Å². The van der Waals surface area contributed by atoms with Gasteiger partial charge in [-0.15, -0.1) is 11.3 Å². The average Bonchev–Trinajstić information content (AvgIpc) is 2.97. The highest BCUT2D eigenvalue weighted by Gasteiger charge is 2.31. The van der Waals surface area contributed by atoms with Crippen LogP contribution in [-0.2, 0) is 17.6 Å². The van der Waals surface area contributed by atoms with Gasteiger partial charge in [-0.05, 0) is 49.7 Å². The Hall–Kier alpha value is -1.36. The molecule has 4 nitrogen and oxygen atoms in total. The predicted octanol–water partition coefficient (Wildman–Crippen LogP) is 2.81. The van der Waals surface area contributed by atoms with Crippen LogP contribution in [0.1, 0.15) is 46.3 Å². The fraction of sp³-hybridized carbons (Fsp3) is 0.667. The summed E-state index contributed by atoms with van der Waals surface area (Å²) in [5.74, 6) is 1.24. The molecule has 0 bridgehead atoms. The van der Waals surface area contributed by atoms with Crippen molar-refractivity contribution in [2.45, 2.75) is 39.0 Å². The standard InChI is InChI=1S/C18H26N2O2S/c1-12-6-8-20(9-7-12)17(21)13-4-5-15-14(10-13)11-16(23-15)18(22)19(2)3/h11-13H,4-10H2,1-3H3. The first-order valence-electron chi connectivity index (χ1n) is 8.57. The third kappa shape index (κ3) is 3.44. The van der Waals surface area contributed by atoms with Crippen LogP contribution < -0.4 is 0 Å². The summed E-state index contributed by atoms with van der Waals surface area (Å²) in [5.41, 5.74) is 1.22. The lowest BCUT2D eigenvalue weighted by molar-refractivity contribution is -0.137. The molecule has 1 aliphatic heterocycles. The monoisotopic (exact) mass is 334 g/mol. The molecule has 0 spiro atoms. The van der Waals surface area contributed by atoms with Gasteiger partial charge in [0.25, 0.3) is 5.91 Å². The van der Waals surface area contributed by atoms with E-state index in [4.69, 9.17) is 0 Å². The predicted molar refractivity (Wildman–Crippen MR) is 92.8 cm³/mol. The second-order valence-electron chi connectivity index (χ2n) is 7.21. The molecule has 0 saturated carbocycles. The highest BCUT2D eigenvalue weighted by atomic mass is 32.1. The van der Waals surface area contributed by atoms with Gasteiger partial charge < -0.3 is 9.80 Å². The van der Waals surface area contributed by atoms with Crippen LogP contribution in [0.15, 0.2) is 6.07 Å². The number of fused-ring (bicyclic) bond motifs is 1. The lowest BCUT2D eigenvalue weighted by atomic mass is 9.86. The largest absolute Gasteiger partial charge is 0.344 e. The number of piperidine rings is 1.